The Morgan fingerprint density at radius 2 is 1.82 bits per heavy atom. The van der Waals surface area contributed by atoms with Gasteiger partial charge in [0.15, 0.2) is 0 Å². The Morgan fingerprint density at radius 1 is 1.12 bits per heavy atom. The number of piperidine rings is 1. The molecule has 172 valence electrons. The van der Waals surface area contributed by atoms with Gasteiger partial charge in [0.25, 0.3) is 5.91 Å². The SMILES string of the molecule is Cc1cc(C2OC=C(C(N)=O)N2c2cc3cn(C)nc3cc2N2CCC(O)CC2)cc(C)n1. The van der Waals surface area contributed by atoms with Crippen molar-refractivity contribution in [3.05, 3.63) is 59.4 Å². The quantitative estimate of drug-likeness (QED) is 0.631. The third-order valence-corrected chi connectivity index (χ3v) is 6.22. The average molecular weight is 449 g/mol. The molecule has 33 heavy (non-hydrogen) atoms. The van der Waals surface area contributed by atoms with Crippen LogP contribution in [-0.4, -0.2) is 45.0 Å². The molecule has 0 aliphatic carbocycles. The summed E-state index contributed by atoms with van der Waals surface area (Å²) in [6.45, 7) is 5.28. The first-order valence-corrected chi connectivity index (χ1v) is 11.1. The maximum absolute atomic E-state index is 12.5. The third-order valence-electron chi connectivity index (χ3n) is 6.22. The fourth-order valence-electron chi connectivity index (χ4n) is 4.77. The third kappa shape index (κ3) is 3.89. The minimum absolute atomic E-state index is 0.286. The second-order valence-electron chi connectivity index (χ2n) is 8.83. The van der Waals surface area contributed by atoms with Gasteiger partial charge in [0, 0.05) is 48.7 Å². The zero-order valence-electron chi connectivity index (χ0n) is 19.0. The molecule has 1 aromatic carbocycles. The van der Waals surface area contributed by atoms with Gasteiger partial charge in [0.05, 0.1) is 23.0 Å². The molecule has 3 aromatic rings. The van der Waals surface area contributed by atoms with E-state index in [0.29, 0.717) is 25.9 Å². The van der Waals surface area contributed by atoms with Crippen molar-refractivity contribution >= 4 is 28.2 Å². The molecule has 1 fully saturated rings. The number of primary amides is 1. The molecule has 5 rings (SSSR count). The molecule has 1 atom stereocenters. The molecule has 0 saturated carbocycles. The van der Waals surface area contributed by atoms with Gasteiger partial charge in [-0.05, 0) is 51.0 Å². The largest absolute Gasteiger partial charge is 0.471 e. The lowest BCUT2D eigenvalue weighted by atomic mass is 10.0. The van der Waals surface area contributed by atoms with Gasteiger partial charge >= 0.3 is 0 Å². The van der Waals surface area contributed by atoms with Crippen LogP contribution in [-0.2, 0) is 16.6 Å². The van der Waals surface area contributed by atoms with E-state index in [0.717, 1.165) is 39.2 Å². The maximum atomic E-state index is 12.5. The number of aryl methyl sites for hydroxylation is 3. The summed E-state index contributed by atoms with van der Waals surface area (Å²) in [6, 6.07) is 7.99. The first-order chi connectivity index (χ1) is 15.8. The highest BCUT2D eigenvalue weighted by atomic mass is 16.5. The molecule has 2 aliphatic rings. The van der Waals surface area contributed by atoms with E-state index in [1.165, 1.54) is 6.26 Å². The molecule has 0 radical (unpaired) electrons. The molecule has 9 heteroatoms. The average Bonchev–Trinajstić information content (AvgIpc) is 3.35. The van der Waals surface area contributed by atoms with Crippen molar-refractivity contribution in [2.75, 3.05) is 22.9 Å². The molecule has 0 spiro atoms. The van der Waals surface area contributed by atoms with Gasteiger partial charge in [0.1, 0.15) is 12.0 Å². The van der Waals surface area contributed by atoms with Crippen LogP contribution in [0.15, 0.2) is 42.4 Å². The van der Waals surface area contributed by atoms with Gasteiger partial charge in [-0.3, -0.25) is 19.4 Å². The Bertz CT molecular complexity index is 1240. The van der Waals surface area contributed by atoms with E-state index in [2.05, 4.69) is 15.0 Å². The highest BCUT2D eigenvalue weighted by Crippen LogP contribution is 2.44. The van der Waals surface area contributed by atoms with Gasteiger partial charge in [-0.2, -0.15) is 5.10 Å². The number of carbonyl (C=O) groups excluding carboxylic acids is 1. The van der Waals surface area contributed by atoms with E-state index in [1.807, 2.05) is 56.3 Å². The summed E-state index contributed by atoms with van der Waals surface area (Å²) in [7, 11) is 1.88. The number of rotatable bonds is 4. The smallest absolute Gasteiger partial charge is 0.268 e. The molecule has 1 amide bonds. The van der Waals surface area contributed by atoms with Crippen LogP contribution in [0.1, 0.15) is 36.0 Å². The number of nitrogens with zero attached hydrogens (tertiary/aromatic N) is 5. The fraction of sp³-hybridized carbons (Fsp3) is 0.375. The van der Waals surface area contributed by atoms with Crippen LogP contribution < -0.4 is 15.5 Å². The second-order valence-corrected chi connectivity index (χ2v) is 8.83. The number of aliphatic hydroxyl groups is 1. The molecular weight excluding hydrogens is 420 g/mol. The van der Waals surface area contributed by atoms with Crippen LogP contribution in [0.5, 0.6) is 0 Å². The topological polar surface area (TPSA) is 110 Å². The monoisotopic (exact) mass is 448 g/mol. The predicted octanol–water partition coefficient (Wildman–Crippen LogP) is 2.41. The van der Waals surface area contributed by atoms with Gasteiger partial charge in [-0.25, -0.2) is 0 Å². The van der Waals surface area contributed by atoms with Crippen molar-refractivity contribution in [1.29, 1.82) is 0 Å². The van der Waals surface area contributed by atoms with Crippen LogP contribution in [0, 0.1) is 13.8 Å². The number of aromatic nitrogens is 3. The lowest BCUT2D eigenvalue weighted by Crippen LogP contribution is -2.38. The Kier molecular flexibility index (Phi) is 5.20. The number of carbonyl (C=O) groups is 1. The van der Waals surface area contributed by atoms with Gasteiger partial charge in [-0.15, -0.1) is 0 Å². The highest BCUT2D eigenvalue weighted by Gasteiger charge is 2.36. The Balaban J connectivity index is 1.68. The van der Waals surface area contributed by atoms with E-state index in [-0.39, 0.29) is 11.8 Å². The number of nitrogens with two attached hydrogens (primary N) is 1. The Labute approximate surface area is 192 Å². The molecule has 4 heterocycles. The number of hydrogen-bond donors (Lipinski definition) is 2. The number of ether oxygens (including phenoxy) is 1. The standard InChI is InChI=1S/C24H28N6O3/c1-14-8-16(9-15(2)26-14)24-30(22(13-33-24)23(25)32)21-10-17-12-28(3)27-19(17)11-20(21)29-6-4-18(31)5-7-29/h8-13,18,24,31H,4-7H2,1-3H3,(H2,25,32). The van der Waals surface area contributed by atoms with Crippen molar-refractivity contribution in [3.63, 3.8) is 0 Å². The summed E-state index contributed by atoms with van der Waals surface area (Å²) in [6.07, 6.45) is 3.89. The van der Waals surface area contributed by atoms with Crippen molar-refractivity contribution in [2.45, 2.75) is 39.0 Å². The Hall–Kier alpha value is -3.59. The number of benzene rings is 1. The summed E-state index contributed by atoms with van der Waals surface area (Å²) in [4.78, 5) is 21.0. The first kappa shape index (κ1) is 21.3. The van der Waals surface area contributed by atoms with E-state index in [4.69, 9.17) is 10.5 Å². The van der Waals surface area contributed by atoms with E-state index >= 15 is 0 Å². The normalized spacial score (nSPS) is 19.2. The van der Waals surface area contributed by atoms with Crippen molar-refractivity contribution < 1.29 is 14.6 Å². The molecule has 2 aromatic heterocycles. The van der Waals surface area contributed by atoms with E-state index in [9.17, 15) is 9.90 Å². The zero-order valence-corrected chi connectivity index (χ0v) is 19.0. The molecule has 1 saturated heterocycles. The minimum Gasteiger partial charge on any atom is -0.471 e. The van der Waals surface area contributed by atoms with Crippen molar-refractivity contribution in [2.24, 2.45) is 12.8 Å². The van der Waals surface area contributed by atoms with Gasteiger partial charge < -0.3 is 20.5 Å². The lowest BCUT2D eigenvalue weighted by molar-refractivity contribution is -0.114. The summed E-state index contributed by atoms with van der Waals surface area (Å²) in [5, 5.41) is 15.6. The fourth-order valence-corrected chi connectivity index (χ4v) is 4.77. The number of fused-ring (bicyclic) bond motifs is 1. The van der Waals surface area contributed by atoms with E-state index in [1.54, 1.807) is 4.68 Å². The molecular formula is C24H28N6O3. The number of anilines is 2. The summed E-state index contributed by atoms with van der Waals surface area (Å²) in [5.74, 6) is -0.564. The van der Waals surface area contributed by atoms with E-state index < -0.39 is 12.1 Å². The minimum atomic E-state index is -0.564. The summed E-state index contributed by atoms with van der Waals surface area (Å²) in [5.41, 5.74) is 11.3. The Morgan fingerprint density at radius 3 is 2.48 bits per heavy atom. The zero-order chi connectivity index (χ0) is 23.3. The number of amides is 1. The molecule has 1 unspecified atom stereocenters. The van der Waals surface area contributed by atoms with Crippen molar-refractivity contribution in [1.82, 2.24) is 14.8 Å². The highest BCUT2D eigenvalue weighted by molar-refractivity contribution is 6.00. The summed E-state index contributed by atoms with van der Waals surface area (Å²) < 4.78 is 7.80. The molecule has 0 bridgehead atoms. The van der Waals surface area contributed by atoms with Crippen molar-refractivity contribution in [3.8, 4) is 0 Å². The van der Waals surface area contributed by atoms with Crippen LogP contribution >= 0.6 is 0 Å². The van der Waals surface area contributed by atoms with Crippen LogP contribution in [0.2, 0.25) is 0 Å². The van der Waals surface area contributed by atoms with Crippen LogP contribution in [0.25, 0.3) is 10.9 Å². The number of aliphatic hydroxyl groups excluding tert-OH is 1. The van der Waals surface area contributed by atoms with Crippen LogP contribution in [0.4, 0.5) is 11.4 Å². The summed E-state index contributed by atoms with van der Waals surface area (Å²) >= 11 is 0. The molecule has 9 nitrogen and oxygen atoms in total. The molecule has 2 aliphatic heterocycles. The van der Waals surface area contributed by atoms with Crippen LogP contribution in [0.3, 0.4) is 0 Å². The molecule has 3 N–H and O–H groups in total. The predicted molar refractivity (Wildman–Crippen MR) is 125 cm³/mol. The van der Waals surface area contributed by atoms with Gasteiger partial charge in [0.2, 0.25) is 6.23 Å². The second kappa shape index (κ2) is 8.08. The number of pyridine rings is 1. The van der Waals surface area contributed by atoms with Gasteiger partial charge in [-0.1, -0.05) is 0 Å². The first-order valence-electron chi connectivity index (χ1n) is 11.1. The number of hydrogen-bond acceptors (Lipinski definition) is 7. The maximum Gasteiger partial charge on any atom is 0.268 e. The lowest BCUT2D eigenvalue weighted by Gasteiger charge is -2.36.